The van der Waals surface area contributed by atoms with Gasteiger partial charge >= 0.3 is 196 Å². The van der Waals surface area contributed by atoms with Gasteiger partial charge in [0.2, 0.25) is 0 Å². The van der Waals surface area contributed by atoms with Gasteiger partial charge in [-0.3, -0.25) is 0 Å². The first-order valence-electron chi connectivity index (χ1n) is 9.41. The molecule has 2 atom stereocenters. The van der Waals surface area contributed by atoms with E-state index in [9.17, 15) is 0 Å². The summed E-state index contributed by atoms with van der Waals surface area (Å²) in [5, 5.41) is 0. The number of anilines is 2. The van der Waals surface area contributed by atoms with Gasteiger partial charge in [-0.1, -0.05) is 0 Å². The average molecular weight is 853 g/mol. The molecule has 0 bridgehead atoms. The molecule has 1 heterocycles. The number of rotatable bonds is 6. The Hall–Kier alpha value is 0.870. The van der Waals surface area contributed by atoms with Crippen LogP contribution in [-0.2, 0) is 44.3 Å². The minimum atomic E-state index is -0.890. The Kier molecular flexibility index (Phi) is 8.79. The second-order valence-electron chi connectivity index (χ2n) is 7.24. The van der Waals surface area contributed by atoms with Crippen LogP contribution in [0.2, 0.25) is 7.86 Å². The first kappa shape index (κ1) is 21.6. The molecular weight excluding hydrogens is 829 g/mol. The van der Waals surface area contributed by atoms with Crippen molar-refractivity contribution in [2.75, 3.05) is 22.9 Å². The van der Waals surface area contributed by atoms with Gasteiger partial charge in [0.15, 0.2) is 0 Å². The fraction of sp³-hybridized carbons (Fsp3) is 0.400. The number of benzene rings is 2. The summed E-state index contributed by atoms with van der Waals surface area (Å²) in [6.07, 6.45) is 0. The molecule has 2 aromatic carbocycles. The van der Waals surface area contributed by atoms with E-state index in [1.54, 1.807) is 0 Å². The van der Waals surface area contributed by atoms with E-state index in [0.29, 0.717) is 12.1 Å². The van der Waals surface area contributed by atoms with Crippen molar-refractivity contribution in [1.29, 1.82) is 0 Å². The maximum absolute atomic E-state index is 3.91. The Morgan fingerprint density at radius 1 is 0.731 bits per heavy atom. The van der Waals surface area contributed by atoms with E-state index in [4.69, 9.17) is 0 Å². The fourth-order valence-electron chi connectivity index (χ4n) is 3.80. The molecule has 0 radical (unpaired) electrons. The Morgan fingerprint density at radius 2 is 1.08 bits per heavy atom. The van der Waals surface area contributed by atoms with E-state index in [1.807, 2.05) is 0 Å². The monoisotopic (exact) mass is 854 g/mol. The van der Waals surface area contributed by atoms with Gasteiger partial charge in [-0.2, -0.15) is 0 Å². The van der Waals surface area contributed by atoms with Crippen LogP contribution in [0.15, 0.2) is 48.5 Å². The molecule has 0 spiro atoms. The van der Waals surface area contributed by atoms with Gasteiger partial charge in [0.1, 0.15) is 0 Å². The molecule has 3 rings (SSSR count). The van der Waals surface area contributed by atoms with E-state index >= 15 is 0 Å². The van der Waals surface area contributed by atoms with Crippen LogP contribution in [0.25, 0.3) is 0 Å². The summed E-state index contributed by atoms with van der Waals surface area (Å²) in [7, 11) is 0. The van der Waals surface area contributed by atoms with Gasteiger partial charge in [-0.15, -0.1) is 0 Å². The minimum absolute atomic E-state index is 0.642. The molecule has 132 valence electrons. The molecule has 1 aliphatic rings. The Bertz CT molecular complexity index is 632. The van der Waals surface area contributed by atoms with Crippen molar-refractivity contribution >= 4 is 35.2 Å². The normalized spacial score (nSPS) is 19.8. The van der Waals surface area contributed by atoms with E-state index < -0.39 is 44.3 Å². The molecule has 0 amide bonds. The number of halogens is 2. The number of hydrogen-bond donors (Lipinski definition) is 0. The molecule has 2 nitrogen and oxygen atoms in total. The molecule has 1 fully saturated rings. The third-order valence-corrected chi connectivity index (χ3v) is 20.2. The molecule has 2 aromatic rings. The van der Waals surface area contributed by atoms with Crippen LogP contribution >= 0.6 is 23.8 Å². The number of nitrogens with zero attached hydrogens (tertiary/aromatic N) is 2. The SMILES string of the molecule is Cc1ccc(N2C[C@H]([CH2][Hg][Br])N(c3ccc(C)cc3)C[C@H]2[CH2][Hg][Br])cc1. The van der Waals surface area contributed by atoms with Crippen molar-refractivity contribution in [1.82, 2.24) is 0 Å². The van der Waals surface area contributed by atoms with E-state index in [1.165, 1.54) is 30.4 Å². The average Bonchev–Trinajstić information content (AvgIpc) is 2.64. The summed E-state index contributed by atoms with van der Waals surface area (Å²) in [6.45, 7) is 6.67. The zero-order valence-electron chi connectivity index (χ0n) is 15.7. The molecular formula is C20H24Br2Hg2N2. The van der Waals surface area contributed by atoms with Crippen molar-refractivity contribution in [3.05, 3.63) is 59.7 Å². The van der Waals surface area contributed by atoms with Crippen molar-refractivity contribution < 1.29 is 44.3 Å². The molecule has 1 aliphatic heterocycles. The van der Waals surface area contributed by atoms with Crippen LogP contribution in [0.5, 0.6) is 0 Å². The topological polar surface area (TPSA) is 6.48 Å². The standard InChI is InChI=1S/C20H24N2.2BrH.2Hg/c1-15-5-9-19(10-6-15)21-13-18(4)22(14-17(21)3)20-11-7-16(2)8-12-20;;;;/h5-12,17-18H,3-4,13-14H2,1-2H3;2*1H;;/q;;;2*+1/p-2/t17-,18+;;;;. The van der Waals surface area contributed by atoms with Gasteiger partial charge in [0, 0.05) is 0 Å². The van der Waals surface area contributed by atoms with Crippen LogP contribution < -0.4 is 9.80 Å². The van der Waals surface area contributed by atoms with Gasteiger partial charge in [-0.25, -0.2) is 0 Å². The molecule has 6 heteroatoms. The number of piperazine rings is 1. The second-order valence-corrected chi connectivity index (χ2v) is 28.6. The summed E-state index contributed by atoms with van der Waals surface area (Å²) in [4.78, 5) is 5.43. The summed E-state index contributed by atoms with van der Waals surface area (Å²) in [5.74, 6) is 0. The second kappa shape index (κ2) is 10.6. The first-order chi connectivity index (χ1) is 12.6. The van der Waals surface area contributed by atoms with Gasteiger partial charge < -0.3 is 0 Å². The summed E-state index contributed by atoms with van der Waals surface area (Å²) in [5.41, 5.74) is 5.51. The van der Waals surface area contributed by atoms with Crippen molar-refractivity contribution in [2.24, 2.45) is 0 Å². The third kappa shape index (κ3) is 5.48. The summed E-state index contributed by atoms with van der Waals surface area (Å²) < 4.78 is 2.78. The maximum atomic E-state index is 3.91. The van der Waals surface area contributed by atoms with Crippen LogP contribution in [0.3, 0.4) is 0 Å². The van der Waals surface area contributed by atoms with Crippen LogP contribution in [0.1, 0.15) is 11.1 Å². The van der Waals surface area contributed by atoms with Crippen molar-refractivity contribution in [3.63, 3.8) is 0 Å². The van der Waals surface area contributed by atoms with Gasteiger partial charge in [0.05, 0.1) is 0 Å². The molecule has 1 saturated heterocycles. The van der Waals surface area contributed by atoms with Crippen LogP contribution in [0.4, 0.5) is 11.4 Å². The molecule has 0 aromatic heterocycles. The molecule has 26 heavy (non-hydrogen) atoms. The molecule has 0 aliphatic carbocycles. The Labute approximate surface area is 193 Å². The molecule has 0 saturated carbocycles. The number of aryl methyl sites for hydroxylation is 2. The van der Waals surface area contributed by atoms with Gasteiger partial charge in [-0.05, 0) is 0 Å². The first-order valence-corrected chi connectivity index (χ1v) is 41.0. The van der Waals surface area contributed by atoms with E-state index in [-0.39, 0.29) is 0 Å². The summed E-state index contributed by atoms with van der Waals surface area (Å²) in [6, 6.07) is 19.6. The Morgan fingerprint density at radius 3 is 1.38 bits per heavy atom. The van der Waals surface area contributed by atoms with Crippen LogP contribution in [0, 0.1) is 13.8 Å². The zero-order valence-corrected chi connectivity index (χ0v) is 29.8. The van der Waals surface area contributed by atoms with E-state index in [0.717, 1.165) is 13.1 Å². The fourth-order valence-corrected chi connectivity index (χ4v) is 18.9. The van der Waals surface area contributed by atoms with E-state index in [2.05, 4.69) is 96.0 Å². The van der Waals surface area contributed by atoms with Gasteiger partial charge in [0.25, 0.3) is 0 Å². The number of hydrogen-bond acceptors (Lipinski definition) is 2. The predicted octanol–water partition coefficient (Wildman–Crippen LogP) is 5.99. The Balaban J connectivity index is 1.89. The van der Waals surface area contributed by atoms with Crippen LogP contribution in [-0.4, -0.2) is 25.2 Å². The van der Waals surface area contributed by atoms with Crippen molar-refractivity contribution in [2.45, 2.75) is 33.8 Å². The molecule has 0 unspecified atom stereocenters. The predicted molar refractivity (Wildman–Crippen MR) is 112 cm³/mol. The molecule has 0 N–H and O–H groups in total. The summed E-state index contributed by atoms with van der Waals surface area (Å²) >= 11 is 6.04. The third-order valence-electron chi connectivity index (χ3n) is 5.31. The van der Waals surface area contributed by atoms with Crippen molar-refractivity contribution in [3.8, 4) is 0 Å². The quantitative estimate of drug-likeness (QED) is 0.330. The zero-order chi connectivity index (χ0) is 18.5.